The number of Topliss-reactive ketones (excluding diaryl/α,β-unsaturated/α-hetero) is 1. The van der Waals surface area contributed by atoms with Gasteiger partial charge >= 0.3 is 5.97 Å². The quantitative estimate of drug-likeness (QED) is 0.383. The number of carbonyl (C=O) groups is 2. The smallest absolute Gasteiger partial charge is 0.302 e. The summed E-state index contributed by atoms with van der Waals surface area (Å²) < 4.78 is 18.7. The molecule has 2 heterocycles. The van der Waals surface area contributed by atoms with E-state index in [1.54, 1.807) is 0 Å². The lowest BCUT2D eigenvalue weighted by atomic mass is 9.44. The van der Waals surface area contributed by atoms with Crippen LogP contribution in [0.15, 0.2) is 12.2 Å². The van der Waals surface area contributed by atoms with E-state index in [0.29, 0.717) is 48.4 Å². The van der Waals surface area contributed by atoms with Gasteiger partial charge in [-0.25, -0.2) is 0 Å². The Kier molecular flexibility index (Phi) is 5.22. The molecule has 6 aliphatic rings. The van der Waals surface area contributed by atoms with Gasteiger partial charge in [0.15, 0.2) is 5.79 Å². The molecule has 188 valence electrons. The van der Waals surface area contributed by atoms with Crippen molar-refractivity contribution in [2.45, 2.75) is 97.6 Å². The van der Waals surface area contributed by atoms with Crippen molar-refractivity contribution in [3.63, 3.8) is 0 Å². The minimum atomic E-state index is -0.647. The van der Waals surface area contributed by atoms with Gasteiger partial charge in [0.25, 0.3) is 0 Å². The Morgan fingerprint density at radius 2 is 1.91 bits per heavy atom. The van der Waals surface area contributed by atoms with Crippen LogP contribution in [-0.4, -0.2) is 36.4 Å². The monoisotopic (exact) mass is 470 g/mol. The summed E-state index contributed by atoms with van der Waals surface area (Å²) in [5.41, 5.74) is -0.138. The van der Waals surface area contributed by atoms with E-state index in [0.717, 1.165) is 25.7 Å². The molecule has 5 nitrogen and oxygen atoms in total. The second-order valence-corrected chi connectivity index (χ2v) is 13.1. The third-order valence-electron chi connectivity index (χ3n) is 11.6. The largest absolute Gasteiger partial charge is 0.463 e. The van der Waals surface area contributed by atoms with Crippen LogP contribution < -0.4 is 0 Å². The van der Waals surface area contributed by atoms with Crippen LogP contribution >= 0.6 is 0 Å². The van der Waals surface area contributed by atoms with Gasteiger partial charge in [-0.15, -0.1) is 0 Å². The molecule has 1 saturated heterocycles. The van der Waals surface area contributed by atoms with Crippen LogP contribution in [0, 0.1) is 52.3 Å². The second-order valence-electron chi connectivity index (χ2n) is 13.1. The average Bonchev–Trinajstić information content (AvgIpc) is 3.23. The molecular weight excluding hydrogens is 428 g/mol. The fourth-order valence-electron chi connectivity index (χ4n) is 9.89. The molecule has 1 spiro atoms. The Labute approximate surface area is 204 Å². The fourth-order valence-corrected chi connectivity index (χ4v) is 9.89. The normalized spacial score (nSPS) is 55.9. The predicted octanol–water partition coefficient (Wildman–Crippen LogP) is 5.32. The summed E-state index contributed by atoms with van der Waals surface area (Å²) in [7, 11) is 0. The lowest BCUT2D eigenvalue weighted by Gasteiger charge is -2.60. The molecular formula is C29H42O5. The van der Waals surface area contributed by atoms with Crippen LogP contribution in [0.2, 0.25) is 0 Å². The van der Waals surface area contributed by atoms with Crippen LogP contribution in [0.1, 0.15) is 79.6 Å². The number of esters is 1. The molecule has 0 N–H and O–H groups in total. The zero-order valence-corrected chi connectivity index (χ0v) is 21.5. The Hall–Kier alpha value is -1.20. The van der Waals surface area contributed by atoms with E-state index in [4.69, 9.17) is 14.2 Å². The first-order valence-corrected chi connectivity index (χ1v) is 13.8. The summed E-state index contributed by atoms with van der Waals surface area (Å²) in [6.45, 7) is 11.4. The summed E-state index contributed by atoms with van der Waals surface area (Å²) in [6, 6.07) is 0. The molecule has 2 aliphatic heterocycles. The molecule has 0 aromatic carbocycles. The van der Waals surface area contributed by atoms with Gasteiger partial charge < -0.3 is 14.2 Å². The molecule has 0 unspecified atom stereocenters. The summed E-state index contributed by atoms with van der Waals surface area (Å²) in [6.07, 6.45) is 11.6. The maximum Gasteiger partial charge on any atom is 0.302 e. The molecule has 0 amide bonds. The molecule has 0 bridgehead atoms. The van der Waals surface area contributed by atoms with Gasteiger partial charge in [-0.05, 0) is 79.6 Å². The lowest BCUT2D eigenvalue weighted by Crippen LogP contribution is -2.58. The van der Waals surface area contributed by atoms with Crippen molar-refractivity contribution in [1.82, 2.24) is 0 Å². The minimum Gasteiger partial charge on any atom is -0.463 e. The van der Waals surface area contributed by atoms with Gasteiger partial charge in [0.1, 0.15) is 11.9 Å². The van der Waals surface area contributed by atoms with Gasteiger partial charge in [-0.3, -0.25) is 9.59 Å². The molecule has 4 aliphatic carbocycles. The number of carbonyl (C=O) groups excluding carboxylic acids is 2. The van der Waals surface area contributed by atoms with E-state index in [2.05, 4.69) is 39.8 Å². The molecule has 6 rings (SSSR count). The average molecular weight is 471 g/mol. The number of rotatable bonds is 1. The zero-order valence-electron chi connectivity index (χ0n) is 21.5. The molecule has 0 aromatic rings. The van der Waals surface area contributed by atoms with Crippen LogP contribution in [0.4, 0.5) is 0 Å². The molecule has 5 fully saturated rings. The van der Waals surface area contributed by atoms with E-state index in [1.807, 2.05) is 0 Å². The molecule has 12 atom stereocenters. The van der Waals surface area contributed by atoms with Gasteiger partial charge in [-0.2, -0.15) is 0 Å². The number of ketones is 1. The van der Waals surface area contributed by atoms with Gasteiger partial charge in [0, 0.05) is 30.6 Å². The van der Waals surface area contributed by atoms with Gasteiger partial charge in [0.05, 0.1) is 12.7 Å². The Morgan fingerprint density at radius 1 is 1.12 bits per heavy atom. The number of ether oxygens (including phenoxy) is 3. The number of hydrogen-bond acceptors (Lipinski definition) is 5. The van der Waals surface area contributed by atoms with Crippen molar-refractivity contribution in [2.24, 2.45) is 52.3 Å². The third-order valence-corrected chi connectivity index (χ3v) is 11.6. The van der Waals surface area contributed by atoms with E-state index in [1.165, 1.54) is 19.8 Å². The summed E-state index contributed by atoms with van der Waals surface area (Å²) in [5, 5.41) is 0. The Morgan fingerprint density at radius 3 is 2.62 bits per heavy atom. The molecule has 34 heavy (non-hydrogen) atoms. The summed E-state index contributed by atoms with van der Waals surface area (Å²) in [5.74, 6) is 2.48. The SMILES string of the molecule is CC(=O)O[C@H]1CC[C@@]2(C)[C@@H](CC[C@@H]3[C@@H]2CC(=O)[C@]2(C)[C@@H]4[C@H](C[C@@H]32)O[C@]2(C=C[C@@H](C)CO2)[C@H]4C)C1. The molecule has 0 radical (unpaired) electrons. The zero-order chi connectivity index (χ0) is 24.0. The minimum absolute atomic E-state index is 0.0548. The van der Waals surface area contributed by atoms with Crippen molar-refractivity contribution in [1.29, 1.82) is 0 Å². The topological polar surface area (TPSA) is 61.8 Å². The summed E-state index contributed by atoms with van der Waals surface area (Å²) in [4.78, 5) is 25.6. The van der Waals surface area contributed by atoms with Crippen molar-refractivity contribution >= 4 is 11.8 Å². The van der Waals surface area contributed by atoms with E-state index < -0.39 is 5.79 Å². The van der Waals surface area contributed by atoms with E-state index in [-0.39, 0.29) is 40.8 Å². The molecule has 4 saturated carbocycles. The predicted molar refractivity (Wildman–Crippen MR) is 128 cm³/mol. The van der Waals surface area contributed by atoms with Crippen molar-refractivity contribution in [3.8, 4) is 0 Å². The first-order valence-electron chi connectivity index (χ1n) is 13.8. The fraction of sp³-hybridized carbons (Fsp3) is 0.862. The van der Waals surface area contributed by atoms with Gasteiger partial charge in [-0.1, -0.05) is 33.8 Å². The summed E-state index contributed by atoms with van der Waals surface area (Å²) >= 11 is 0. The van der Waals surface area contributed by atoms with Crippen LogP contribution in [0.25, 0.3) is 0 Å². The van der Waals surface area contributed by atoms with E-state index >= 15 is 0 Å². The first kappa shape index (κ1) is 23.2. The Balaban J connectivity index is 1.26. The lowest BCUT2D eigenvalue weighted by molar-refractivity contribution is -0.224. The van der Waals surface area contributed by atoms with E-state index in [9.17, 15) is 9.59 Å². The van der Waals surface area contributed by atoms with Gasteiger partial charge in [0.2, 0.25) is 0 Å². The molecule has 5 heteroatoms. The maximum atomic E-state index is 14.1. The third kappa shape index (κ3) is 3.04. The number of hydrogen-bond donors (Lipinski definition) is 0. The highest BCUT2D eigenvalue weighted by Gasteiger charge is 2.71. The second kappa shape index (κ2) is 7.65. The van der Waals surface area contributed by atoms with Crippen LogP contribution in [-0.2, 0) is 23.8 Å². The highest BCUT2D eigenvalue weighted by atomic mass is 16.7. The van der Waals surface area contributed by atoms with Crippen LogP contribution in [0.5, 0.6) is 0 Å². The number of fused-ring (bicyclic) bond motifs is 7. The molecule has 0 aromatic heterocycles. The van der Waals surface area contributed by atoms with Crippen molar-refractivity contribution < 1.29 is 23.8 Å². The van der Waals surface area contributed by atoms with Crippen molar-refractivity contribution in [3.05, 3.63) is 12.2 Å². The maximum absolute atomic E-state index is 14.1. The highest BCUT2D eigenvalue weighted by Crippen LogP contribution is 2.70. The highest BCUT2D eigenvalue weighted by molar-refractivity contribution is 5.87. The van der Waals surface area contributed by atoms with Crippen LogP contribution in [0.3, 0.4) is 0 Å². The standard InChI is InChI=1S/C29H42O5/c1-16-8-11-29(32-15-16)17(2)26-24(34-29)13-23-21-7-6-19-12-20(33-18(3)30)9-10-27(19,4)22(21)14-25(31)28(23,26)5/h8,11,16-17,19-24,26H,6-7,9-10,12-15H2,1-5H3/t16-,17+,19+,20+,21-,22+,23+,24+,26+,27+,28-,29-/m1/s1. The van der Waals surface area contributed by atoms with Crippen molar-refractivity contribution in [2.75, 3.05) is 6.61 Å². The first-order chi connectivity index (χ1) is 16.1. The Bertz CT molecular complexity index is 912.